The van der Waals surface area contributed by atoms with Crippen molar-refractivity contribution < 1.29 is 22.3 Å². The molecule has 0 aliphatic rings. The van der Waals surface area contributed by atoms with E-state index >= 15 is 0 Å². The molecule has 1 aromatic heterocycles. The SMILES string of the molecule is CC(C)CC(CO)Nc1nc(CCC(F)(F)c2ccc(Cl)cc2)nc(NS(C)(=O)=O)n1. The monoisotopic (exact) mass is 477 g/mol. The lowest BCUT2D eigenvalue weighted by Gasteiger charge is -2.19. The van der Waals surface area contributed by atoms with E-state index in [2.05, 4.69) is 25.0 Å². The van der Waals surface area contributed by atoms with Gasteiger partial charge in [0.05, 0.1) is 18.9 Å². The fraction of sp³-hybridized carbons (Fsp3) is 0.526. The Morgan fingerprint density at radius 3 is 2.29 bits per heavy atom. The van der Waals surface area contributed by atoms with Crippen LogP contribution >= 0.6 is 11.6 Å². The number of halogens is 3. The van der Waals surface area contributed by atoms with Crippen molar-refractivity contribution in [1.82, 2.24) is 15.0 Å². The van der Waals surface area contributed by atoms with Gasteiger partial charge >= 0.3 is 0 Å². The van der Waals surface area contributed by atoms with Crippen molar-refractivity contribution >= 4 is 33.5 Å². The third kappa shape index (κ3) is 8.50. The number of rotatable bonds is 11. The predicted octanol–water partition coefficient (Wildman–Crippen LogP) is 3.44. The van der Waals surface area contributed by atoms with Crippen LogP contribution in [0.15, 0.2) is 24.3 Å². The third-order valence-electron chi connectivity index (χ3n) is 4.20. The van der Waals surface area contributed by atoms with Crippen LogP contribution < -0.4 is 10.0 Å². The van der Waals surface area contributed by atoms with Gasteiger partial charge in [0.15, 0.2) is 0 Å². The van der Waals surface area contributed by atoms with E-state index in [1.807, 2.05) is 13.8 Å². The smallest absolute Gasteiger partial charge is 0.273 e. The Labute approximate surface area is 185 Å². The fourth-order valence-electron chi connectivity index (χ4n) is 2.85. The van der Waals surface area contributed by atoms with Crippen LogP contribution in [-0.2, 0) is 22.4 Å². The van der Waals surface area contributed by atoms with Gasteiger partial charge in [0.2, 0.25) is 21.9 Å². The zero-order chi connectivity index (χ0) is 23.2. The molecule has 0 fully saturated rings. The zero-order valence-electron chi connectivity index (χ0n) is 17.4. The number of alkyl halides is 2. The van der Waals surface area contributed by atoms with Crippen LogP contribution in [0.4, 0.5) is 20.7 Å². The molecular formula is C19H26ClF2N5O3S. The lowest BCUT2D eigenvalue weighted by atomic mass is 10.0. The number of hydrogen-bond donors (Lipinski definition) is 3. The van der Waals surface area contributed by atoms with E-state index in [9.17, 15) is 22.3 Å². The van der Waals surface area contributed by atoms with Gasteiger partial charge in [0.1, 0.15) is 5.82 Å². The molecule has 0 saturated heterocycles. The molecule has 2 aromatic rings. The molecule has 0 radical (unpaired) electrons. The molecule has 0 saturated carbocycles. The number of aryl methyl sites for hydroxylation is 1. The highest BCUT2D eigenvalue weighted by Gasteiger charge is 2.31. The molecule has 8 nitrogen and oxygen atoms in total. The number of aromatic nitrogens is 3. The first-order valence-electron chi connectivity index (χ1n) is 9.62. The van der Waals surface area contributed by atoms with E-state index < -0.39 is 28.4 Å². The number of aliphatic hydroxyl groups is 1. The molecule has 2 rings (SSSR count). The van der Waals surface area contributed by atoms with Gasteiger partial charge in [-0.3, -0.25) is 4.72 Å². The third-order valence-corrected chi connectivity index (χ3v) is 5.00. The van der Waals surface area contributed by atoms with Gasteiger partial charge in [0, 0.05) is 23.4 Å². The quantitative estimate of drug-likeness (QED) is 0.453. The van der Waals surface area contributed by atoms with E-state index in [0.717, 1.165) is 6.26 Å². The van der Waals surface area contributed by atoms with Crippen LogP contribution in [0.5, 0.6) is 0 Å². The summed E-state index contributed by atoms with van der Waals surface area (Å²) in [5.74, 6) is -3.21. The molecule has 0 spiro atoms. The number of anilines is 2. The second-order valence-electron chi connectivity index (χ2n) is 7.64. The molecule has 172 valence electrons. The summed E-state index contributed by atoms with van der Waals surface area (Å²) in [6.45, 7) is 3.74. The molecular weight excluding hydrogens is 452 g/mol. The van der Waals surface area contributed by atoms with E-state index in [-0.39, 0.29) is 42.2 Å². The minimum Gasteiger partial charge on any atom is -0.394 e. The second-order valence-corrected chi connectivity index (χ2v) is 9.82. The Kier molecular flexibility index (Phi) is 8.49. The van der Waals surface area contributed by atoms with Crippen molar-refractivity contribution in [2.75, 3.05) is 22.9 Å². The summed E-state index contributed by atoms with van der Waals surface area (Å²) in [7, 11) is -3.69. The molecule has 0 aliphatic heterocycles. The molecule has 0 aliphatic carbocycles. The first kappa shape index (κ1) is 25.2. The largest absolute Gasteiger partial charge is 0.394 e. The Hall–Kier alpha value is -2.11. The van der Waals surface area contributed by atoms with Crippen LogP contribution in [0.25, 0.3) is 0 Å². The second kappa shape index (κ2) is 10.5. The van der Waals surface area contributed by atoms with Crippen LogP contribution in [0, 0.1) is 5.92 Å². The van der Waals surface area contributed by atoms with Gasteiger partial charge in [-0.25, -0.2) is 17.2 Å². The maximum absolute atomic E-state index is 14.6. The Balaban J connectivity index is 2.25. The van der Waals surface area contributed by atoms with Gasteiger partial charge in [-0.05, 0) is 24.5 Å². The van der Waals surface area contributed by atoms with Crippen molar-refractivity contribution in [1.29, 1.82) is 0 Å². The van der Waals surface area contributed by atoms with Crippen molar-refractivity contribution in [3.63, 3.8) is 0 Å². The molecule has 0 bridgehead atoms. The highest BCUT2D eigenvalue weighted by Crippen LogP contribution is 2.33. The van der Waals surface area contributed by atoms with Gasteiger partial charge in [-0.15, -0.1) is 0 Å². The summed E-state index contributed by atoms with van der Waals surface area (Å²) in [5.41, 5.74) is -0.198. The molecule has 3 N–H and O–H groups in total. The predicted molar refractivity (Wildman–Crippen MR) is 116 cm³/mol. The number of benzene rings is 1. The van der Waals surface area contributed by atoms with Crippen LogP contribution in [0.3, 0.4) is 0 Å². The minimum atomic E-state index is -3.69. The van der Waals surface area contributed by atoms with Gasteiger partial charge in [-0.2, -0.15) is 15.0 Å². The summed E-state index contributed by atoms with van der Waals surface area (Å²) < 4.78 is 54.4. The van der Waals surface area contributed by atoms with Crippen molar-refractivity contribution in [3.8, 4) is 0 Å². The van der Waals surface area contributed by atoms with Crippen LogP contribution in [0.1, 0.15) is 38.1 Å². The topological polar surface area (TPSA) is 117 Å². The van der Waals surface area contributed by atoms with Crippen molar-refractivity contribution in [2.45, 2.75) is 45.1 Å². The van der Waals surface area contributed by atoms with Gasteiger partial charge in [-0.1, -0.05) is 37.6 Å². The maximum atomic E-state index is 14.6. The average Bonchev–Trinajstić information content (AvgIpc) is 2.64. The molecule has 12 heteroatoms. The Morgan fingerprint density at radius 2 is 1.74 bits per heavy atom. The summed E-state index contributed by atoms with van der Waals surface area (Å²) in [4.78, 5) is 12.1. The zero-order valence-corrected chi connectivity index (χ0v) is 19.0. The van der Waals surface area contributed by atoms with Gasteiger partial charge < -0.3 is 10.4 Å². The lowest BCUT2D eigenvalue weighted by molar-refractivity contribution is -0.0135. The van der Waals surface area contributed by atoms with Crippen molar-refractivity contribution in [3.05, 3.63) is 40.7 Å². The highest BCUT2D eigenvalue weighted by molar-refractivity contribution is 7.91. The highest BCUT2D eigenvalue weighted by atomic mass is 35.5. The Bertz CT molecular complexity index is 975. The van der Waals surface area contributed by atoms with Gasteiger partial charge in [0.25, 0.3) is 5.92 Å². The number of aliphatic hydroxyl groups excluding tert-OH is 1. The van der Waals surface area contributed by atoms with E-state index in [1.165, 1.54) is 24.3 Å². The molecule has 1 heterocycles. The van der Waals surface area contributed by atoms with E-state index in [4.69, 9.17) is 11.6 Å². The average molecular weight is 478 g/mol. The summed E-state index contributed by atoms with van der Waals surface area (Å²) in [6.07, 6.45) is 0.680. The molecule has 0 amide bonds. The molecule has 1 unspecified atom stereocenters. The normalized spacial score (nSPS) is 13.3. The Morgan fingerprint density at radius 1 is 1.13 bits per heavy atom. The summed E-state index contributed by atoms with van der Waals surface area (Å²) in [6, 6.07) is 4.87. The summed E-state index contributed by atoms with van der Waals surface area (Å²) >= 11 is 5.75. The fourth-order valence-corrected chi connectivity index (χ4v) is 3.39. The number of nitrogens with one attached hydrogen (secondary N) is 2. The van der Waals surface area contributed by atoms with Crippen LogP contribution in [0.2, 0.25) is 5.02 Å². The van der Waals surface area contributed by atoms with Crippen LogP contribution in [-0.4, -0.2) is 47.4 Å². The lowest BCUT2D eigenvalue weighted by Crippen LogP contribution is -2.27. The number of sulfonamides is 1. The molecule has 1 atom stereocenters. The number of hydrogen-bond acceptors (Lipinski definition) is 7. The van der Waals surface area contributed by atoms with E-state index in [1.54, 1.807) is 0 Å². The first-order valence-corrected chi connectivity index (χ1v) is 11.9. The number of nitrogens with zero attached hydrogens (tertiary/aromatic N) is 3. The summed E-state index contributed by atoms with van der Waals surface area (Å²) in [5, 5.41) is 12.8. The van der Waals surface area contributed by atoms with Crippen molar-refractivity contribution in [2.24, 2.45) is 5.92 Å². The first-order chi connectivity index (χ1) is 14.4. The molecule has 1 aromatic carbocycles. The molecule has 31 heavy (non-hydrogen) atoms. The minimum absolute atomic E-state index is 0.00865. The maximum Gasteiger partial charge on any atom is 0.273 e. The standard InChI is InChI=1S/C19H26ClF2N5O3S/c1-12(2)10-15(11-28)23-17-24-16(25-18(26-17)27-31(3,29)30)8-9-19(21,22)13-4-6-14(20)7-5-13/h4-7,12,15,28H,8-11H2,1-3H3,(H2,23,24,25,26,27). The van der Waals surface area contributed by atoms with E-state index in [0.29, 0.717) is 11.4 Å².